The van der Waals surface area contributed by atoms with Gasteiger partial charge in [0.25, 0.3) is 5.91 Å². The number of nitrogens with two attached hydrogens (primary N) is 1. The lowest BCUT2D eigenvalue weighted by molar-refractivity contribution is -0.122. The number of nitrogens with one attached hydrogen (secondary N) is 2. The van der Waals surface area contributed by atoms with Gasteiger partial charge in [-0.3, -0.25) is 15.6 Å². The van der Waals surface area contributed by atoms with E-state index >= 15 is 0 Å². The van der Waals surface area contributed by atoms with Crippen LogP contribution in [0.4, 0.5) is 11.5 Å². The normalized spacial score (nSPS) is 10.3. The molecule has 0 saturated carbocycles. The Hall–Kier alpha value is -3.26. The van der Waals surface area contributed by atoms with E-state index in [2.05, 4.69) is 20.8 Å². The van der Waals surface area contributed by atoms with Gasteiger partial charge in [-0.05, 0) is 31.2 Å². The van der Waals surface area contributed by atoms with E-state index in [-0.39, 0.29) is 12.5 Å². The Balaban J connectivity index is 1.57. The van der Waals surface area contributed by atoms with Crippen LogP contribution in [0.15, 0.2) is 70.8 Å². The van der Waals surface area contributed by atoms with Crippen molar-refractivity contribution in [2.75, 3.05) is 17.8 Å². The molecule has 0 radical (unpaired) electrons. The highest BCUT2D eigenvalue weighted by Crippen LogP contribution is 2.32. The number of amides is 1. The summed E-state index contributed by atoms with van der Waals surface area (Å²) >= 11 is 1.43. The van der Waals surface area contributed by atoms with Crippen molar-refractivity contribution in [3.63, 3.8) is 0 Å². The van der Waals surface area contributed by atoms with E-state index in [4.69, 9.17) is 10.5 Å². The molecule has 0 saturated heterocycles. The highest BCUT2D eigenvalue weighted by molar-refractivity contribution is 7.99. The zero-order valence-electron chi connectivity index (χ0n) is 14.7. The fourth-order valence-electron chi connectivity index (χ4n) is 2.11. The van der Waals surface area contributed by atoms with Crippen LogP contribution < -0.4 is 21.3 Å². The van der Waals surface area contributed by atoms with E-state index in [0.29, 0.717) is 22.3 Å². The van der Waals surface area contributed by atoms with Gasteiger partial charge >= 0.3 is 0 Å². The number of para-hydroxylation sites is 1. The molecular weight excluding hydrogens is 362 g/mol. The minimum absolute atomic E-state index is 0.132. The van der Waals surface area contributed by atoms with Crippen LogP contribution in [0, 0.1) is 6.92 Å². The molecule has 1 aromatic heterocycles. The zero-order chi connectivity index (χ0) is 19.1. The lowest BCUT2D eigenvalue weighted by Crippen LogP contribution is -2.34. The maximum atomic E-state index is 11.9. The van der Waals surface area contributed by atoms with Crippen molar-refractivity contribution in [2.24, 2.45) is 0 Å². The van der Waals surface area contributed by atoms with Gasteiger partial charge in [0.1, 0.15) is 22.8 Å². The summed E-state index contributed by atoms with van der Waals surface area (Å²) in [7, 11) is 0. The Morgan fingerprint density at radius 2 is 1.85 bits per heavy atom. The highest BCUT2D eigenvalue weighted by atomic mass is 32.2. The van der Waals surface area contributed by atoms with E-state index in [9.17, 15) is 4.79 Å². The van der Waals surface area contributed by atoms with Crippen LogP contribution in [0.3, 0.4) is 0 Å². The Bertz CT molecular complexity index is 904. The number of hydrazine groups is 1. The Morgan fingerprint density at radius 3 is 2.59 bits per heavy atom. The second-order valence-electron chi connectivity index (χ2n) is 5.63. The first-order chi connectivity index (χ1) is 13.1. The van der Waals surface area contributed by atoms with Crippen LogP contribution in [0.1, 0.15) is 5.56 Å². The molecule has 0 aliphatic rings. The molecule has 2 aromatic carbocycles. The molecule has 138 valence electrons. The predicted molar refractivity (Wildman–Crippen MR) is 105 cm³/mol. The van der Waals surface area contributed by atoms with Crippen LogP contribution in [-0.2, 0) is 4.79 Å². The van der Waals surface area contributed by atoms with Crippen molar-refractivity contribution in [1.82, 2.24) is 15.4 Å². The molecule has 3 rings (SSSR count). The van der Waals surface area contributed by atoms with Crippen molar-refractivity contribution in [1.29, 1.82) is 0 Å². The Kier molecular flexibility index (Phi) is 6.11. The maximum absolute atomic E-state index is 11.9. The summed E-state index contributed by atoms with van der Waals surface area (Å²) in [5.41, 5.74) is 12.9. The lowest BCUT2D eigenvalue weighted by atomic mass is 10.2. The van der Waals surface area contributed by atoms with Gasteiger partial charge in [-0.15, -0.1) is 0 Å². The van der Waals surface area contributed by atoms with E-state index in [0.717, 1.165) is 4.90 Å². The third kappa shape index (κ3) is 5.35. The van der Waals surface area contributed by atoms with Gasteiger partial charge < -0.3 is 10.5 Å². The summed E-state index contributed by atoms with van der Waals surface area (Å²) < 4.78 is 5.38. The monoisotopic (exact) mass is 381 g/mol. The van der Waals surface area contributed by atoms with Gasteiger partial charge in [0.2, 0.25) is 0 Å². The predicted octanol–water partition coefficient (Wildman–Crippen LogP) is 3.04. The second kappa shape index (κ2) is 8.91. The zero-order valence-corrected chi connectivity index (χ0v) is 15.5. The largest absolute Gasteiger partial charge is 0.484 e. The topological polar surface area (TPSA) is 102 Å². The van der Waals surface area contributed by atoms with E-state index in [1.807, 2.05) is 49.4 Å². The minimum atomic E-state index is -0.357. The average Bonchev–Trinajstić information content (AvgIpc) is 2.69. The van der Waals surface area contributed by atoms with Crippen molar-refractivity contribution in [3.8, 4) is 5.75 Å². The molecular formula is C19H19N5O2S. The van der Waals surface area contributed by atoms with Crippen LogP contribution in [0.5, 0.6) is 5.75 Å². The highest BCUT2D eigenvalue weighted by Gasteiger charge is 2.11. The number of aromatic nitrogens is 2. The first kappa shape index (κ1) is 18.5. The van der Waals surface area contributed by atoms with Crippen molar-refractivity contribution >= 4 is 29.2 Å². The Morgan fingerprint density at radius 1 is 1.11 bits per heavy atom. The Labute approximate surface area is 161 Å². The molecule has 0 unspecified atom stereocenters. The number of ether oxygens (including phenoxy) is 1. The van der Waals surface area contributed by atoms with Gasteiger partial charge in [0.15, 0.2) is 12.4 Å². The van der Waals surface area contributed by atoms with E-state index in [1.165, 1.54) is 23.7 Å². The molecule has 0 aliphatic heterocycles. The van der Waals surface area contributed by atoms with E-state index < -0.39 is 0 Å². The number of hydrogen-bond acceptors (Lipinski definition) is 7. The molecule has 0 spiro atoms. The van der Waals surface area contributed by atoms with E-state index in [1.54, 1.807) is 12.1 Å². The summed E-state index contributed by atoms with van der Waals surface area (Å²) in [5, 5.41) is 0.603. The number of anilines is 2. The molecule has 1 amide bonds. The first-order valence-corrected chi connectivity index (χ1v) is 9.01. The molecule has 1 heterocycles. The molecule has 27 heavy (non-hydrogen) atoms. The summed E-state index contributed by atoms with van der Waals surface area (Å²) in [6.07, 6.45) is 1.39. The van der Waals surface area contributed by atoms with Crippen LogP contribution in [0.25, 0.3) is 0 Å². The third-order valence-electron chi connectivity index (χ3n) is 3.52. The minimum Gasteiger partial charge on any atom is -0.484 e. The van der Waals surface area contributed by atoms with Gasteiger partial charge in [-0.2, -0.15) is 0 Å². The van der Waals surface area contributed by atoms with Gasteiger partial charge in [-0.1, -0.05) is 47.7 Å². The first-order valence-electron chi connectivity index (χ1n) is 8.19. The fourth-order valence-corrected chi connectivity index (χ4v) is 2.91. The lowest BCUT2D eigenvalue weighted by Gasteiger charge is -2.12. The molecule has 8 heteroatoms. The number of benzene rings is 2. The van der Waals surface area contributed by atoms with Crippen molar-refractivity contribution in [2.45, 2.75) is 16.8 Å². The average molecular weight is 381 g/mol. The number of hydrogen-bond donors (Lipinski definition) is 3. The molecule has 3 aromatic rings. The number of carbonyl (C=O) groups excluding carboxylic acids is 1. The quantitative estimate of drug-likeness (QED) is 0.427. The van der Waals surface area contributed by atoms with Crippen molar-refractivity contribution < 1.29 is 9.53 Å². The number of carbonyl (C=O) groups is 1. The molecule has 7 nitrogen and oxygen atoms in total. The number of rotatable bonds is 7. The summed E-state index contributed by atoms with van der Waals surface area (Å²) in [6, 6.07) is 17.1. The second-order valence-corrected chi connectivity index (χ2v) is 6.69. The van der Waals surface area contributed by atoms with Crippen LogP contribution in [0.2, 0.25) is 0 Å². The summed E-state index contributed by atoms with van der Waals surface area (Å²) in [6.45, 7) is 1.90. The standard InChI is InChI=1S/C19H19N5O2S/c1-13-7-9-15(10-8-13)27-19-17(20)18(21-12-22-19)24-23-16(25)11-26-14-5-3-2-4-6-14/h2-10,12H,11,20H2,1H3,(H,23,25)(H,21,22,24). The third-order valence-corrected chi connectivity index (χ3v) is 4.54. The summed E-state index contributed by atoms with van der Waals surface area (Å²) in [4.78, 5) is 21.2. The number of nitrogens with zero attached hydrogens (tertiary/aromatic N) is 2. The number of aryl methyl sites for hydroxylation is 1. The molecule has 0 bridgehead atoms. The molecule has 0 aliphatic carbocycles. The fraction of sp³-hybridized carbons (Fsp3) is 0.105. The molecule has 0 fully saturated rings. The number of nitrogen functional groups attached to an aromatic ring is 1. The maximum Gasteiger partial charge on any atom is 0.276 e. The van der Waals surface area contributed by atoms with Crippen LogP contribution in [-0.4, -0.2) is 22.5 Å². The SMILES string of the molecule is Cc1ccc(Sc2ncnc(NNC(=O)COc3ccccc3)c2N)cc1. The van der Waals surface area contributed by atoms with Gasteiger partial charge in [-0.25, -0.2) is 9.97 Å². The smallest absolute Gasteiger partial charge is 0.276 e. The van der Waals surface area contributed by atoms with Gasteiger partial charge in [0, 0.05) is 4.90 Å². The van der Waals surface area contributed by atoms with Crippen LogP contribution >= 0.6 is 11.8 Å². The molecule has 0 atom stereocenters. The summed E-state index contributed by atoms with van der Waals surface area (Å²) in [5.74, 6) is 0.586. The van der Waals surface area contributed by atoms with Crippen molar-refractivity contribution in [3.05, 3.63) is 66.5 Å². The molecule has 4 N–H and O–H groups in total. The van der Waals surface area contributed by atoms with Gasteiger partial charge in [0.05, 0.1) is 0 Å².